The zero-order chi connectivity index (χ0) is 47.6. The van der Waals surface area contributed by atoms with Gasteiger partial charge >= 0.3 is 0 Å². The maximum atomic E-state index is 12.8. The third kappa shape index (κ3) is 10.4. The number of nitrogens with one attached hydrogen (secondary N) is 4. The fraction of sp³-hybridized carbons (Fsp3) is 0.442. The van der Waals surface area contributed by atoms with Gasteiger partial charge in [0.25, 0.3) is 41.8 Å². The summed E-state index contributed by atoms with van der Waals surface area (Å²) in [5.41, 5.74) is -3.06. The van der Waals surface area contributed by atoms with Crippen molar-refractivity contribution in [1.82, 2.24) is 8.61 Å². The van der Waals surface area contributed by atoms with E-state index in [4.69, 9.17) is 8.83 Å². The molecule has 22 heteroatoms. The summed E-state index contributed by atoms with van der Waals surface area (Å²) in [5, 5.41) is 35.5. The predicted octanol–water partition coefficient (Wildman–Crippen LogP) is 7.85. The molecule has 0 aliphatic carbocycles. The van der Waals surface area contributed by atoms with Crippen LogP contribution in [0.4, 0.5) is 34.1 Å². The first-order chi connectivity index (χ1) is 30.0. The molecule has 356 valence electrons. The Morgan fingerprint density at radius 3 is 1.32 bits per heavy atom. The Labute approximate surface area is 386 Å². The van der Waals surface area contributed by atoms with Gasteiger partial charge in [-0.1, -0.05) is 62.8 Å². The van der Waals surface area contributed by atoms with Gasteiger partial charge in [-0.2, -0.15) is 8.61 Å². The second kappa shape index (κ2) is 20.5. The van der Waals surface area contributed by atoms with Gasteiger partial charge in [0.05, 0.1) is 23.5 Å². The molecule has 4 heterocycles. The van der Waals surface area contributed by atoms with Crippen molar-refractivity contribution in [3.8, 4) is 11.5 Å². The third-order valence-electron chi connectivity index (χ3n) is 10.4. The monoisotopic (exact) mass is 978 g/mol. The Morgan fingerprint density at radius 2 is 0.985 bits per heavy atom. The van der Waals surface area contributed by atoms with E-state index in [9.17, 15) is 46.2 Å². The molecule has 65 heavy (non-hydrogen) atoms. The van der Waals surface area contributed by atoms with Crippen LogP contribution in [0, 0.1) is 19.3 Å². The number of sulfonamides is 2. The lowest BCUT2D eigenvalue weighted by molar-refractivity contribution is 0.300. The van der Waals surface area contributed by atoms with Crippen molar-refractivity contribution in [3.05, 3.63) is 99.0 Å². The van der Waals surface area contributed by atoms with Crippen molar-refractivity contribution in [2.24, 2.45) is 5.41 Å². The van der Waals surface area contributed by atoms with Crippen molar-refractivity contribution in [2.45, 2.75) is 104 Å². The SMILES string of the molecule is C.CCN(CC)S(=O)(=O)c1scc(Nc2c(N[C@@H](c3ccc(C)o3)C(C)(C)C)c(=O)c2=O)c1O.CC[C@@H](Nc1c(Nc2csc(S(=O)(=O)N(CC)CC)c2O)c(=O)c1=O)c1ccc(C)o1. The molecule has 6 N–H and O–H groups in total. The van der Waals surface area contributed by atoms with Crippen molar-refractivity contribution < 1.29 is 35.9 Å². The molecule has 0 radical (unpaired) electrons. The van der Waals surface area contributed by atoms with Gasteiger partial charge in [0, 0.05) is 36.9 Å². The number of hydrogen-bond acceptors (Lipinski definition) is 18. The number of hydrogen-bond donors (Lipinski definition) is 6. The summed E-state index contributed by atoms with van der Waals surface area (Å²) in [6.45, 7) is 19.3. The molecule has 18 nitrogen and oxygen atoms in total. The lowest BCUT2D eigenvalue weighted by Crippen LogP contribution is -2.39. The number of aryl methyl sites for hydroxylation is 2. The summed E-state index contributed by atoms with van der Waals surface area (Å²) in [6.07, 6.45) is 0.598. The smallest absolute Gasteiger partial charge is 0.256 e. The van der Waals surface area contributed by atoms with Crippen molar-refractivity contribution >= 4 is 76.8 Å². The van der Waals surface area contributed by atoms with Crippen LogP contribution in [0.2, 0.25) is 0 Å². The first kappa shape index (κ1) is 52.4. The molecule has 6 aromatic rings. The zero-order valence-corrected chi connectivity index (χ0v) is 40.4. The highest BCUT2D eigenvalue weighted by Crippen LogP contribution is 2.43. The quantitative estimate of drug-likeness (QED) is 0.0422. The summed E-state index contributed by atoms with van der Waals surface area (Å²) >= 11 is 1.69. The van der Waals surface area contributed by atoms with Gasteiger partial charge in [0.15, 0.2) is 19.9 Å². The normalized spacial score (nSPS) is 13.1. The van der Waals surface area contributed by atoms with Gasteiger partial charge in [0.2, 0.25) is 0 Å². The largest absolute Gasteiger partial charge is 0.504 e. The summed E-state index contributed by atoms with van der Waals surface area (Å²) in [7, 11) is -7.74. The minimum absolute atomic E-state index is 0. The van der Waals surface area contributed by atoms with E-state index in [0.717, 1.165) is 34.2 Å². The predicted molar refractivity (Wildman–Crippen MR) is 258 cm³/mol. The fourth-order valence-electron chi connectivity index (χ4n) is 6.80. The molecule has 0 amide bonds. The Balaban J connectivity index is 0.000000281. The molecule has 6 rings (SSSR count). The summed E-state index contributed by atoms with van der Waals surface area (Å²) in [5.74, 6) is 1.72. The number of thiophene rings is 2. The van der Waals surface area contributed by atoms with Crippen molar-refractivity contribution in [3.63, 3.8) is 0 Å². The van der Waals surface area contributed by atoms with E-state index in [1.54, 1.807) is 33.8 Å². The minimum atomic E-state index is -3.88. The number of nitrogens with zero attached hydrogens (tertiary/aromatic N) is 2. The van der Waals surface area contributed by atoms with Crippen LogP contribution in [0.3, 0.4) is 0 Å². The summed E-state index contributed by atoms with van der Waals surface area (Å²) in [4.78, 5) is 49.0. The average Bonchev–Trinajstić information content (AvgIpc) is 4.05. The van der Waals surface area contributed by atoms with Crippen LogP contribution >= 0.6 is 22.7 Å². The summed E-state index contributed by atoms with van der Waals surface area (Å²) in [6, 6.07) is 6.49. The van der Waals surface area contributed by atoms with Gasteiger partial charge in [0.1, 0.15) is 45.8 Å². The molecule has 0 spiro atoms. The lowest BCUT2D eigenvalue weighted by atomic mass is 9.85. The van der Waals surface area contributed by atoms with E-state index >= 15 is 0 Å². The van der Waals surface area contributed by atoms with E-state index in [1.165, 1.54) is 19.4 Å². The van der Waals surface area contributed by atoms with Gasteiger partial charge in [-0.05, 0) is 49.9 Å². The van der Waals surface area contributed by atoms with Gasteiger partial charge < -0.3 is 40.3 Å². The van der Waals surface area contributed by atoms with E-state index in [-0.39, 0.29) is 87.6 Å². The topological polar surface area (TPSA) is 258 Å². The van der Waals surface area contributed by atoms with Crippen LogP contribution in [0.1, 0.15) is 104 Å². The number of anilines is 6. The van der Waals surface area contributed by atoms with E-state index in [2.05, 4.69) is 21.3 Å². The molecule has 0 bridgehead atoms. The van der Waals surface area contributed by atoms with Gasteiger partial charge in [-0.15, -0.1) is 22.7 Å². The van der Waals surface area contributed by atoms with Crippen LogP contribution in [0.5, 0.6) is 11.5 Å². The number of aromatic hydroxyl groups is 2. The van der Waals surface area contributed by atoms with Gasteiger partial charge in [-0.25, -0.2) is 16.8 Å². The first-order valence-electron chi connectivity index (χ1n) is 20.5. The Kier molecular flexibility index (Phi) is 16.5. The van der Waals surface area contributed by atoms with Crippen molar-refractivity contribution in [1.29, 1.82) is 0 Å². The molecule has 2 aromatic carbocycles. The molecule has 2 atom stereocenters. The van der Waals surface area contributed by atoms with Crippen LogP contribution in [-0.2, 0) is 20.0 Å². The highest BCUT2D eigenvalue weighted by atomic mass is 32.3. The lowest BCUT2D eigenvalue weighted by Gasteiger charge is -2.31. The molecule has 0 saturated carbocycles. The zero-order valence-electron chi connectivity index (χ0n) is 37.2. The highest BCUT2D eigenvalue weighted by Gasteiger charge is 2.35. The minimum Gasteiger partial charge on any atom is -0.504 e. The molecular weight excluding hydrogens is 921 g/mol. The Morgan fingerprint density at radius 1 is 0.615 bits per heavy atom. The average molecular weight is 979 g/mol. The fourth-order valence-corrected chi connectivity index (χ4v) is 12.5. The maximum absolute atomic E-state index is 12.8. The standard InChI is InChI=1S/C22H29N3O6S2.C20H25N3O6S2.CH4/c1-7-25(8-2)33(29,30)21-17(26)13(11-32-21)23-15-16(19(28)18(15)27)24-20(22(4,5)6)14-10-9-12(3)31-14;1-5-12(14-9-8-11(4)29-14)21-15-16(19(26)18(15)25)22-13-10-30-20(17(13)24)31(27,28)23(6-2)7-3;/h9-11,20,23-24,26H,7-8H2,1-6H3;8-10,12,21-22,24H,5-7H2,1-4H3;1H4/t20-;12-;/m01./s1. The molecule has 0 fully saturated rings. The highest BCUT2D eigenvalue weighted by molar-refractivity contribution is 7.91. The van der Waals surface area contributed by atoms with Crippen LogP contribution in [0.15, 0.2) is 71.5 Å². The first-order valence-corrected chi connectivity index (χ1v) is 25.1. The Bertz CT molecular complexity index is 2970. The maximum Gasteiger partial charge on any atom is 0.256 e. The molecule has 0 unspecified atom stereocenters. The second-order valence-electron chi connectivity index (χ2n) is 15.8. The summed E-state index contributed by atoms with van der Waals surface area (Å²) < 4.78 is 64.4. The van der Waals surface area contributed by atoms with E-state index in [1.807, 2.05) is 59.7 Å². The van der Waals surface area contributed by atoms with E-state index in [0.29, 0.717) is 17.9 Å². The molecule has 0 saturated heterocycles. The third-order valence-corrected chi connectivity index (χ3v) is 17.5. The second-order valence-corrected chi connectivity index (χ2v) is 21.8. The van der Waals surface area contributed by atoms with Gasteiger partial charge in [-0.3, -0.25) is 19.2 Å². The van der Waals surface area contributed by atoms with Crippen molar-refractivity contribution in [2.75, 3.05) is 47.4 Å². The van der Waals surface area contributed by atoms with Crippen LogP contribution in [-0.4, -0.2) is 61.8 Å². The van der Waals surface area contributed by atoms with Crippen LogP contribution in [0.25, 0.3) is 0 Å². The molecule has 4 aromatic heterocycles. The van der Waals surface area contributed by atoms with Crippen LogP contribution < -0.4 is 43.0 Å². The molecule has 0 aliphatic rings. The van der Waals surface area contributed by atoms with E-state index < -0.39 is 59.3 Å². The number of rotatable bonds is 19. The Hall–Kier alpha value is -5.26. The molecular formula is C43H58N6O12S4. The molecule has 0 aliphatic heterocycles. The number of furan rings is 2.